The Bertz CT molecular complexity index is 517. The SMILES string of the molecule is Cc1c(-c2ccc(F)cc2)nc(CCO)n1C. The number of imidazole rings is 1. The first-order chi connectivity index (χ1) is 8.13. The van der Waals surface area contributed by atoms with Gasteiger partial charge in [0, 0.05) is 24.7 Å². The number of hydrogen-bond donors (Lipinski definition) is 1. The van der Waals surface area contributed by atoms with Gasteiger partial charge in [0.05, 0.1) is 12.3 Å². The largest absolute Gasteiger partial charge is 0.396 e. The van der Waals surface area contributed by atoms with Crippen LogP contribution in [0, 0.1) is 12.7 Å². The van der Waals surface area contributed by atoms with Crippen LogP contribution < -0.4 is 0 Å². The molecular formula is C13H15FN2O. The van der Waals surface area contributed by atoms with Crippen molar-refractivity contribution in [3.63, 3.8) is 0 Å². The summed E-state index contributed by atoms with van der Waals surface area (Å²) in [6.45, 7) is 2.04. The quantitative estimate of drug-likeness (QED) is 0.882. The lowest BCUT2D eigenvalue weighted by Gasteiger charge is -2.01. The van der Waals surface area contributed by atoms with Crippen molar-refractivity contribution in [2.24, 2.45) is 7.05 Å². The molecule has 0 aliphatic rings. The average molecular weight is 234 g/mol. The molecule has 0 saturated heterocycles. The second kappa shape index (κ2) is 4.67. The normalized spacial score (nSPS) is 10.8. The smallest absolute Gasteiger partial charge is 0.123 e. The number of nitrogens with zero attached hydrogens (tertiary/aromatic N) is 2. The van der Waals surface area contributed by atoms with Crippen molar-refractivity contribution in [3.8, 4) is 11.3 Å². The highest BCUT2D eigenvalue weighted by molar-refractivity contribution is 5.62. The molecule has 0 bridgehead atoms. The van der Waals surface area contributed by atoms with Crippen LogP contribution in [-0.4, -0.2) is 21.3 Å². The van der Waals surface area contributed by atoms with Crippen molar-refractivity contribution in [1.29, 1.82) is 0 Å². The van der Waals surface area contributed by atoms with Gasteiger partial charge in [-0.2, -0.15) is 0 Å². The first kappa shape index (κ1) is 11.8. The third-order valence-electron chi connectivity index (χ3n) is 2.93. The Morgan fingerprint density at radius 1 is 1.29 bits per heavy atom. The van der Waals surface area contributed by atoms with Crippen LogP contribution in [0.15, 0.2) is 24.3 Å². The summed E-state index contributed by atoms with van der Waals surface area (Å²) in [7, 11) is 1.92. The van der Waals surface area contributed by atoms with Gasteiger partial charge >= 0.3 is 0 Å². The van der Waals surface area contributed by atoms with E-state index in [-0.39, 0.29) is 12.4 Å². The summed E-state index contributed by atoms with van der Waals surface area (Å²) < 4.78 is 14.8. The molecule has 1 N–H and O–H groups in total. The fraction of sp³-hybridized carbons (Fsp3) is 0.308. The Morgan fingerprint density at radius 2 is 1.94 bits per heavy atom. The maximum absolute atomic E-state index is 12.8. The summed E-state index contributed by atoms with van der Waals surface area (Å²) in [5, 5.41) is 8.95. The lowest BCUT2D eigenvalue weighted by molar-refractivity contribution is 0.295. The number of rotatable bonds is 3. The molecule has 0 aliphatic heterocycles. The summed E-state index contributed by atoms with van der Waals surface area (Å²) in [5.74, 6) is 0.585. The van der Waals surface area contributed by atoms with E-state index in [1.54, 1.807) is 12.1 Å². The summed E-state index contributed by atoms with van der Waals surface area (Å²) in [6, 6.07) is 6.28. The van der Waals surface area contributed by atoms with E-state index in [0.29, 0.717) is 6.42 Å². The van der Waals surface area contributed by atoms with Crippen LogP contribution in [0.4, 0.5) is 4.39 Å². The van der Waals surface area contributed by atoms with E-state index in [4.69, 9.17) is 5.11 Å². The van der Waals surface area contributed by atoms with Gasteiger partial charge in [-0.05, 0) is 31.2 Å². The number of halogens is 1. The van der Waals surface area contributed by atoms with E-state index < -0.39 is 0 Å². The molecular weight excluding hydrogens is 219 g/mol. The van der Waals surface area contributed by atoms with Crippen molar-refractivity contribution in [3.05, 3.63) is 41.6 Å². The van der Waals surface area contributed by atoms with Crippen LogP contribution in [0.25, 0.3) is 11.3 Å². The molecule has 0 aliphatic carbocycles. The number of aromatic nitrogens is 2. The van der Waals surface area contributed by atoms with Crippen LogP contribution >= 0.6 is 0 Å². The van der Waals surface area contributed by atoms with Crippen molar-refractivity contribution in [1.82, 2.24) is 9.55 Å². The standard InChI is InChI=1S/C13H15FN2O/c1-9-13(10-3-5-11(14)6-4-10)15-12(7-8-17)16(9)2/h3-6,17H,7-8H2,1-2H3. The van der Waals surface area contributed by atoms with E-state index in [1.165, 1.54) is 12.1 Å². The molecule has 1 heterocycles. The highest BCUT2D eigenvalue weighted by atomic mass is 19.1. The molecule has 0 atom stereocenters. The highest BCUT2D eigenvalue weighted by Crippen LogP contribution is 2.23. The highest BCUT2D eigenvalue weighted by Gasteiger charge is 2.12. The zero-order chi connectivity index (χ0) is 12.4. The van der Waals surface area contributed by atoms with Gasteiger partial charge < -0.3 is 9.67 Å². The number of aliphatic hydroxyl groups is 1. The molecule has 0 spiro atoms. The minimum atomic E-state index is -0.252. The van der Waals surface area contributed by atoms with Crippen LogP contribution in [0.1, 0.15) is 11.5 Å². The predicted molar refractivity (Wildman–Crippen MR) is 64.1 cm³/mol. The minimum absolute atomic E-state index is 0.0765. The van der Waals surface area contributed by atoms with Gasteiger partial charge in [-0.3, -0.25) is 0 Å². The number of benzene rings is 1. The Balaban J connectivity index is 2.45. The zero-order valence-corrected chi connectivity index (χ0v) is 9.94. The minimum Gasteiger partial charge on any atom is -0.396 e. The Kier molecular flexibility index (Phi) is 3.24. The van der Waals surface area contributed by atoms with Crippen LogP contribution in [-0.2, 0) is 13.5 Å². The van der Waals surface area contributed by atoms with Crippen molar-refractivity contribution >= 4 is 0 Å². The monoisotopic (exact) mass is 234 g/mol. The van der Waals surface area contributed by atoms with E-state index in [0.717, 1.165) is 22.8 Å². The van der Waals surface area contributed by atoms with E-state index in [9.17, 15) is 4.39 Å². The lowest BCUT2D eigenvalue weighted by Crippen LogP contribution is -2.01. The van der Waals surface area contributed by atoms with Gasteiger partial charge in [-0.1, -0.05) is 0 Å². The molecule has 2 rings (SSSR count). The molecule has 4 heteroatoms. The van der Waals surface area contributed by atoms with E-state index in [1.807, 2.05) is 18.5 Å². The maximum atomic E-state index is 12.8. The van der Waals surface area contributed by atoms with Crippen LogP contribution in [0.2, 0.25) is 0 Å². The van der Waals surface area contributed by atoms with Gasteiger partial charge in [-0.15, -0.1) is 0 Å². The van der Waals surface area contributed by atoms with Crippen molar-refractivity contribution < 1.29 is 9.50 Å². The Hall–Kier alpha value is -1.68. The summed E-state index contributed by atoms with van der Waals surface area (Å²) >= 11 is 0. The molecule has 0 unspecified atom stereocenters. The molecule has 1 aromatic heterocycles. The average Bonchev–Trinajstić information content (AvgIpc) is 2.59. The molecule has 0 radical (unpaired) electrons. The van der Waals surface area contributed by atoms with Gasteiger partial charge in [0.1, 0.15) is 11.6 Å². The first-order valence-corrected chi connectivity index (χ1v) is 5.52. The second-order valence-electron chi connectivity index (χ2n) is 4.00. The van der Waals surface area contributed by atoms with E-state index in [2.05, 4.69) is 4.98 Å². The van der Waals surface area contributed by atoms with Gasteiger partial charge in [0.25, 0.3) is 0 Å². The summed E-state index contributed by atoms with van der Waals surface area (Å²) in [6.07, 6.45) is 0.526. The zero-order valence-electron chi connectivity index (χ0n) is 9.94. The molecule has 0 fully saturated rings. The topological polar surface area (TPSA) is 38.1 Å². The van der Waals surface area contributed by atoms with E-state index >= 15 is 0 Å². The first-order valence-electron chi connectivity index (χ1n) is 5.52. The summed E-state index contributed by atoms with van der Waals surface area (Å²) in [5.41, 5.74) is 2.75. The molecule has 2 aromatic rings. The summed E-state index contributed by atoms with van der Waals surface area (Å²) in [4.78, 5) is 4.48. The lowest BCUT2D eigenvalue weighted by atomic mass is 10.1. The van der Waals surface area contributed by atoms with Gasteiger partial charge in [0.15, 0.2) is 0 Å². The Labute approximate surface area is 99.5 Å². The van der Waals surface area contributed by atoms with Gasteiger partial charge in [-0.25, -0.2) is 9.37 Å². The number of hydrogen-bond acceptors (Lipinski definition) is 2. The molecule has 17 heavy (non-hydrogen) atoms. The number of aliphatic hydroxyl groups excluding tert-OH is 1. The molecule has 1 aromatic carbocycles. The predicted octanol–water partition coefficient (Wildman–Crippen LogP) is 2.07. The third kappa shape index (κ3) is 2.22. The fourth-order valence-electron chi connectivity index (χ4n) is 1.84. The van der Waals surface area contributed by atoms with Gasteiger partial charge in [0.2, 0.25) is 0 Å². The maximum Gasteiger partial charge on any atom is 0.123 e. The van der Waals surface area contributed by atoms with Crippen molar-refractivity contribution in [2.75, 3.05) is 6.61 Å². The molecule has 3 nitrogen and oxygen atoms in total. The van der Waals surface area contributed by atoms with Crippen LogP contribution in [0.3, 0.4) is 0 Å². The van der Waals surface area contributed by atoms with Crippen molar-refractivity contribution in [2.45, 2.75) is 13.3 Å². The fourth-order valence-corrected chi connectivity index (χ4v) is 1.84. The van der Waals surface area contributed by atoms with Crippen LogP contribution in [0.5, 0.6) is 0 Å². The second-order valence-corrected chi connectivity index (χ2v) is 4.00. The molecule has 0 amide bonds. The third-order valence-corrected chi connectivity index (χ3v) is 2.93. The molecule has 90 valence electrons. The Morgan fingerprint density at radius 3 is 2.53 bits per heavy atom. The molecule has 0 saturated carbocycles.